The van der Waals surface area contributed by atoms with Crippen molar-refractivity contribution in [3.05, 3.63) is 51.5 Å². The molecule has 2 N–H and O–H groups in total. The Morgan fingerprint density at radius 3 is 2.82 bits per heavy atom. The van der Waals surface area contributed by atoms with Crippen LogP contribution >= 0.6 is 23.2 Å². The van der Waals surface area contributed by atoms with Crippen LogP contribution in [0.4, 0.5) is 5.69 Å². The molecule has 1 fully saturated rings. The number of halogens is 2. The number of aryl methyl sites for hydroxylation is 1. The summed E-state index contributed by atoms with van der Waals surface area (Å²) < 4.78 is 0. The van der Waals surface area contributed by atoms with E-state index in [0.29, 0.717) is 22.0 Å². The second-order valence-electron chi connectivity index (χ2n) is 6.23. The van der Waals surface area contributed by atoms with E-state index in [9.17, 15) is 0 Å². The van der Waals surface area contributed by atoms with Crippen LogP contribution in [0.5, 0.6) is 0 Å². The second-order valence-corrected chi connectivity index (χ2v) is 7.08. The number of hydrogen-bond donors (Lipinski definition) is 2. The summed E-state index contributed by atoms with van der Waals surface area (Å²) in [7, 11) is 0. The van der Waals surface area contributed by atoms with E-state index in [2.05, 4.69) is 29.7 Å². The van der Waals surface area contributed by atoms with Crippen LogP contribution in [0, 0.1) is 6.92 Å². The van der Waals surface area contributed by atoms with E-state index in [4.69, 9.17) is 23.2 Å². The fraction of sp³-hybridized carbons (Fsp3) is 0.333. The lowest BCUT2D eigenvalue weighted by molar-refractivity contribution is 0.440. The summed E-state index contributed by atoms with van der Waals surface area (Å²) >= 11 is 12.4. The van der Waals surface area contributed by atoms with Crippen molar-refractivity contribution < 1.29 is 0 Å². The Morgan fingerprint density at radius 2 is 2.00 bits per heavy atom. The molecule has 114 valence electrons. The molecule has 2 unspecified atom stereocenters. The second kappa shape index (κ2) is 5.45. The molecule has 2 aliphatic rings. The molecule has 0 aliphatic carbocycles. The molecule has 2 aromatic carbocycles. The van der Waals surface area contributed by atoms with E-state index in [1.807, 2.05) is 18.2 Å². The number of benzene rings is 2. The van der Waals surface area contributed by atoms with Gasteiger partial charge in [0.25, 0.3) is 0 Å². The molecule has 0 aromatic heterocycles. The van der Waals surface area contributed by atoms with Gasteiger partial charge in [-0.3, -0.25) is 0 Å². The first-order valence-electron chi connectivity index (χ1n) is 7.70. The molecule has 0 bridgehead atoms. The number of piperidine rings is 1. The zero-order valence-corrected chi connectivity index (χ0v) is 13.9. The highest BCUT2D eigenvalue weighted by Crippen LogP contribution is 2.43. The summed E-state index contributed by atoms with van der Waals surface area (Å²) in [4.78, 5) is 0. The largest absolute Gasteiger partial charge is 0.381 e. The Bertz CT molecular complexity index is 742. The molecule has 2 nitrogen and oxygen atoms in total. The Balaban J connectivity index is 1.82. The summed E-state index contributed by atoms with van der Waals surface area (Å²) in [6.45, 7) is 4.31. The van der Waals surface area contributed by atoms with E-state index in [0.717, 1.165) is 18.7 Å². The summed E-state index contributed by atoms with van der Waals surface area (Å²) in [6, 6.07) is 10.8. The molecular formula is C18H18Cl2N2. The monoisotopic (exact) mass is 332 g/mol. The van der Waals surface area contributed by atoms with Crippen LogP contribution in [0.25, 0.3) is 11.1 Å². The van der Waals surface area contributed by atoms with E-state index in [-0.39, 0.29) is 0 Å². The van der Waals surface area contributed by atoms with Crippen molar-refractivity contribution >= 4 is 28.9 Å². The molecule has 0 saturated carbocycles. The SMILES string of the molecule is Cc1cc(-c2ccc(Cl)cc2Cl)cc2c1NC1CCNCC21. The number of fused-ring (bicyclic) bond motifs is 3. The van der Waals surface area contributed by atoms with Gasteiger partial charge in [0.1, 0.15) is 0 Å². The lowest BCUT2D eigenvalue weighted by atomic mass is 9.88. The molecule has 0 spiro atoms. The van der Waals surface area contributed by atoms with Gasteiger partial charge in [0.2, 0.25) is 0 Å². The van der Waals surface area contributed by atoms with Crippen molar-refractivity contribution in [2.24, 2.45) is 0 Å². The Hall–Kier alpha value is -1.22. The van der Waals surface area contributed by atoms with E-state index in [1.54, 1.807) is 0 Å². The molecule has 2 aromatic rings. The molecule has 2 aliphatic heterocycles. The van der Waals surface area contributed by atoms with Gasteiger partial charge in [-0.15, -0.1) is 0 Å². The quantitative estimate of drug-likeness (QED) is 0.780. The lowest BCUT2D eigenvalue weighted by Gasteiger charge is -2.26. The standard InChI is InChI=1S/C18H18Cl2N2/c1-10-6-11(13-3-2-12(19)8-16(13)20)7-14-15-9-21-5-4-17(15)22-18(10)14/h2-3,6-8,15,17,21-22H,4-5,9H2,1H3. The van der Waals surface area contributed by atoms with Crippen LogP contribution in [-0.2, 0) is 0 Å². The number of nitrogens with one attached hydrogen (secondary N) is 2. The molecule has 2 heterocycles. The maximum Gasteiger partial charge on any atom is 0.0499 e. The topological polar surface area (TPSA) is 24.1 Å². The van der Waals surface area contributed by atoms with E-state index in [1.165, 1.54) is 28.8 Å². The molecular weight excluding hydrogens is 315 g/mol. The zero-order valence-electron chi connectivity index (χ0n) is 12.4. The summed E-state index contributed by atoms with van der Waals surface area (Å²) in [5.74, 6) is 0.550. The molecule has 0 amide bonds. The summed E-state index contributed by atoms with van der Waals surface area (Å²) in [5, 5.41) is 8.60. The highest BCUT2D eigenvalue weighted by atomic mass is 35.5. The van der Waals surface area contributed by atoms with Crippen molar-refractivity contribution in [2.45, 2.75) is 25.3 Å². The Labute approximate surface area is 140 Å². The highest BCUT2D eigenvalue weighted by Gasteiger charge is 2.35. The minimum absolute atomic E-state index is 0.550. The number of hydrogen-bond acceptors (Lipinski definition) is 2. The predicted molar refractivity (Wildman–Crippen MR) is 94.3 cm³/mol. The van der Waals surface area contributed by atoms with Crippen LogP contribution in [0.3, 0.4) is 0 Å². The minimum atomic E-state index is 0.550. The molecule has 2 atom stereocenters. The van der Waals surface area contributed by atoms with Crippen molar-refractivity contribution in [2.75, 3.05) is 18.4 Å². The van der Waals surface area contributed by atoms with Crippen molar-refractivity contribution in [3.8, 4) is 11.1 Å². The van der Waals surface area contributed by atoms with Gasteiger partial charge in [0.15, 0.2) is 0 Å². The fourth-order valence-corrected chi connectivity index (χ4v) is 4.24. The van der Waals surface area contributed by atoms with Gasteiger partial charge in [0, 0.05) is 39.8 Å². The number of anilines is 1. The highest BCUT2D eigenvalue weighted by molar-refractivity contribution is 6.36. The number of rotatable bonds is 1. The molecule has 22 heavy (non-hydrogen) atoms. The lowest BCUT2D eigenvalue weighted by Crippen LogP contribution is -2.38. The van der Waals surface area contributed by atoms with Gasteiger partial charge >= 0.3 is 0 Å². The van der Waals surface area contributed by atoms with Crippen molar-refractivity contribution in [1.29, 1.82) is 0 Å². The normalized spacial score (nSPS) is 22.9. The third kappa shape index (κ3) is 2.30. The third-order valence-corrected chi connectivity index (χ3v) is 5.37. The van der Waals surface area contributed by atoms with Crippen LogP contribution in [0.1, 0.15) is 23.5 Å². The Kier molecular flexibility index (Phi) is 3.56. The smallest absolute Gasteiger partial charge is 0.0499 e. The van der Waals surface area contributed by atoms with E-state index >= 15 is 0 Å². The van der Waals surface area contributed by atoms with Crippen LogP contribution in [-0.4, -0.2) is 19.1 Å². The first-order chi connectivity index (χ1) is 10.6. The first kappa shape index (κ1) is 14.4. The average Bonchev–Trinajstić information content (AvgIpc) is 2.87. The zero-order chi connectivity index (χ0) is 15.3. The predicted octanol–water partition coefficient (Wildman–Crippen LogP) is 4.84. The van der Waals surface area contributed by atoms with Crippen LogP contribution in [0.15, 0.2) is 30.3 Å². The van der Waals surface area contributed by atoms with Gasteiger partial charge in [-0.2, -0.15) is 0 Å². The third-order valence-electron chi connectivity index (χ3n) is 4.82. The fourth-order valence-electron chi connectivity index (χ4n) is 3.73. The molecule has 4 heteroatoms. The Morgan fingerprint density at radius 1 is 1.14 bits per heavy atom. The van der Waals surface area contributed by atoms with Gasteiger partial charge < -0.3 is 10.6 Å². The summed E-state index contributed by atoms with van der Waals surface area (Å²) in [5.41, 5.74) is 6.23. The molecule has 4 rings (SSSR count). The van der Waals surface area contributed by atoms with Crippen LogP contribution in [0.2, 0.25) is 10.0 Å². The van der Waals surface area contributed by atoms with Gasteiger partial charge in [-0.05, 0) is 60.8 Å². The molecule has 1 saturated heterocycles. The average molecular weight is 333 g/mol. The maximum absolute atomic E-state index is 6.39. The van der Waals surface area contributed by atoms with Crippen molar-refractivity contribution in [1.82, 2.24) is 5.32 Å². The minimum Gasteiger partial charge on any atom is -0.381 e. The van der Waals surface area contributed by atoms with E-state index < -0.39 is 0 Å². The van der Waals surface area contributed by atoms with Gasteiger partial charge in [-0.25, -0.2) is 0 Å². The first-order valence-corrected chi connectivity index (χ1v) is 8.46. The van der Waals surface area contributed by atoms with Gasteiger partial charge in [0.05, 0.1) is 0 Å². The van der Waals surface area contributed by atoms with Crippen molar-refractivity contribution in [3.63, 3.8) is 0 Å². The maximum atomic E-state index is 6.39. The summed E-state index contributed by atoms with van der Waals surface area (Å²) in [6.07, 6.45) is 1.18. The van der Waals surface area contributed by atoms with Crippen LogP contribution < -0.4 is 10.6 Å². The molecule has 0 radical (unpaired) electrons. The van der Waals surface area contributed by atoms with Gasteiger partial charge in [-0.1, -0.05) is 29.3 Å².